The van der Waals surface area contributed by atoms with Crippen LogP contribution in [-0.2, 0) is 30.1 Å². The van der Waals surface area contributed by atoms with Gasteiger partial charge in [-0.05, 0) is 39.8 Å². The summed E-state index contributed by atoms with van der Waals surface area (Å²) in [6, 6.07) is 6.42. The fraction of sp³-hybridized carbons (Fsp3) is 0.480. The van der Waals surface area contributed by atoms with E-state index in [9.17, 15) is 14.2 Å². The smallest absolute Gasteiger partial charge is 0.325 e. The van der Waals surface area contributed by atoms with Gasteiger partial charge in [-0.25, -0.2) is 15.0 Å². The minimum Gasteiger partial charge on any atom is -0.462 e. The van der Waals surface area contributed by atoms with Crippen LogP contribution in [0.1, 0.15) is 38.1 Å². The molecule has 2 atom stereocenters. The Morgan fingerprint density at radius 2 is 1.95 bits per heavy atom. The Hall–Kier alpha value is -3.09. The van der Waals surface area contributed by atoms with Crippen LogP contribution in [0.25, 0.3) is 11.2 Å². The molecule has 15 heteroatoms. The molecule has 13 nitrogen and oxygen atoms in total. The van der Waals surface area contributed by atoms with Crippen LogP contribution in [0, 0.1) is 0 Å². The van der Waals surface area contributed by atoms with E-state index < -0.39 is 30.8 Å². The highest BCUT2D eigenvalue weighted by Gasteiger charge is 2.34. The van der Waals surface area contributed by atoms with E-state index in [0.717, 1.165) is 0 Å². The number of nitrogens with zero attached hydrogens (tertiary/aromatic N) is 4. The van der Waals surface area contributed by atoms with Crippen molar-refractivity contribution in [3.63, 3.8) is 0 Å². The first-order valence-electron chi connectivity index (χ1n) is 12.6. The topological polar surface area (TPSA) is 173 Å². The number of esters is 1. The number of nitrogens with one attached hydrogen (secondary N) is 2. The lowest BCUT2D eigenvalue weighted by Gasteiger charge is -2.28. The molecule has 0 fully saturated rings. The molecular formula is C25H35ClN7O6P. The van der Waals surface area contributed by atoms with E-state index in [1.54, 1.807) is 49.9 Å². The van der Waals surface area contributed by atoms with Gasteiger partial charge in [0.2, 0.25) is 7.29 Å². The molecule has 2 heterocycles. The van der Waals surface area contributed by atoms with Gasteiger partial charge in [-0.1, -0.05) is 23.7 Å². The number of benzene rings is 1. The number of anilines is 1. The molecule has 0 spiro atoms. The van der Waals surface area contributed by atoms with Gasteiger partial charge in [0.25, 0.3) is 5.91 Å². The number of fused-ring (bicyclic) bond motifs is 1. The van der Waals surface area contributed by atoms with Gasteiger partial charge in [0.05, 0.1) is 42.5 Å². The van der Waals surface area contributed by atoms with Crippen molar-refractivity contribution in [2.45, 2.75) is 45.9 Å². The lowest BCUT2D eigenvalue weighted by atomic mass is 10.1. The summed E-state index contributed by atoms with van der Waals surface area (Å²) in [6.45, 7) is 7.98. The summed E-state index contributed by atoms with van der Waals surface area (Å²) in [4.78, 5) is 38.0. The normalized spacial score (nSPS) is 14.0. The number of carbonyl (C=O) groups is 2. The number of carbonyl (C=O) groups excluding carboxylic acids is 2. The number of hydrogen-bond acceptors (Lipinski definition) is 11. The summed E-state index contributed by atoms with van der Waals surface area (Å²) >= 11 is 6.18. The molecule has 40 heavy (non-hydrogen) atoms. The van der Waals surface area contributed by atoms with Gasteiger partial charge in [-0.3, -0.25) is 24.6 Å². The van der Waals surface area contributed by atoms with Crippen LogP contribution in [0.2, 0.25) is 5.02 Å². The maximum Gasteiger partial charge on any atom is 0.325 e. The summed E-state index contributed by atoms with van der Waals surface area (Å²) in [5.74, 6) is -0.926. The molecule has 0 aliphatic carbocycles. The second-order valence-corrected chi connectivity index (χ2v) is 12.5. The molecule has 1 amide bonds. The summed E-state index contributed by atoms with van der Waals surface area (Å²) in [5, 5.41) is 5.76. The molecule has 3 aromatic rings. The number of halogens is 1. The van der Waals surface area contributed by atoms with E-state index in [1.807, 2.05) is 6.92 Å². The Morgan fingerprint density at radius 3 is 2.67 bits per heavy atom. The Labute approximate surface area is 237 Å². The fourth-order valence-electron chi connectivity index (χ4n) is 3.53. The average molecular weight is 596 g/mol. The number of hydrogen-bond donors (Lipinski definition) is 3. The van der Waals surface area contributed by atoms with E-state index in [-0.39, 0.29) is 42.3 Å². The van der Waals surface area contributed by atoms with Gasteiger partial charge < -0.3 is 24.5 Å². The molecule has 0 saturated heterocycles. The number of aromatic nitrogens is 4. The van der Waals surface area contributed by atoms with Crippen molar-refractivity contribution in [1.29, 1.82) is 0 Å². The summed E-state index contributed by atoms with van der Waals surface area (Å²) in [6.07, 6.45) is 1.87. The Morgan fingerprint density at radius 1 is 1.20 bits per heavy atom. The molecule has 218 valence electrons. The molecule has 0 saturated carbocycles. The Kier molecular flexibility index (Phi) is 11.0. The monoisotopic (exact) mass is 595 g/mol. The van der Waals surface area contributed by atoms with Gasteiger partial charge in [-0.2, -0.15) is 0 Å². The van der Waals surface area contributed by atoms with Gasteiger partial charge in [0, 0.05) is 6.61 Å². The Balaban J connectivity index is 1.71. The molecule has 0 aliphatic rings. The van der Waals surface area contributed by atoms with Crippen molar-refractivity contribution in [2.24, 2.45) is 0 Å². The van der Waals surface area contributed by atoms with E-state index in [2.05, 4.69) is 25.4 Å². The second kappa shape index (κ2) is 14.0. The van der Waals surface area contributed by atoms with Gasteiger partial charge in [0.15, 0.2) is 11.5 Å². The predicted molar refractivity (Wildman–Crippen MR) is 151 cm³/mol. The number of nitrogens with two attached hydrogens (primary N) is 1. The molecule has 3 rings (SSSR count). The maximum atomic E-state index is 14.0. The van der Waals surface area contributed by atoms with Crippen LogP contribution >= 0.6 is 18.9 Å². The van der Waals surface area contributed by atoms with Crippen molar-refractivity contribution < 1.29 is 28.4 Å². The zero-order valence-corrected chi connectivity index (χ0v) is 24.6. The third-order valence-corrected chi connectivity index (χ3v) is 8.00. The van der Waals surface area contributed by atoms with E-state index in [1.165, 1.54) is 12.4 Å². The van der Waals surface area contributed by atoms with Gasteiger partial charge in [-0.15, -0.1) is 0 Å². The van der Waals surface area contributed by atoms with E-state index in [0.29, 0.717) is 24.3 Å². The van der Waals surface area contributed by atoms with Crippen LogP contribution in [0.15, 0.2) is 36.9 Å². The molecule has 4 N–H and O–H groups in total. The zero-order valence-electron chi connectivity index (χ0n) is 22.9. The molecule has 2 aromatic heterocycles. The number of rotatable bonds is 15. The molecule has 0 aliphatic heterocycles. The minimum atomic E-state index is -3.63. The largest absolute Gasteiger partial charge is 0.462 e. The van der Waals surface area contributed by atoms with Crippen molar-refractivity contribution in [2.75, 3.05) is 38.2 Å². The van der Waals surface area contributed by atoms with Crippen molar-refractivity contribution in [1.82, 2.24) is 29.9 Å². The summed E-state index contributed by atoms with van der Waals surface area (Å²) in [5.41, 5.74) is 5.81. The van der Waals surface area contributed by atoms with Crippen LogP contribution in [-0.4, -0.2) is 75.5 Å². The molecule has 0 bridgehead atoms. The van der Waals surface area contributed by atoms with Crippen molar-refractivity contribution >= 4 is 47.8 Å². The van der Waals surface area contributed by atoms with Gasteiger partial charge >= 0.3 is 5.97 Å². The van der Waals surface area contributed by atoms with E-state index >= 15 is 0 Å². The zero-order chi connectivity index (χ0) is 29.3. The molecular weight excluding hydrogens is 561 g/mol. The highest BCUT2D eigenvalue weighted by atomic mass is 35.5. The summed E-state index contributed by atoms with van der Waals surface area (Å²) < 4.78 is 32.2. The lowest BCUT2D eigenvalue weighted by Crippen LogP contribution is -2.49. The molecule has 0 unspecified atom stereocenters. The SMILES string of the molecule is CCOCCOC(=O)C(C)(C)NC[P@](=O)(CO[C@H](C)Cn1cnc2c(N)ncnc21)NC(=O)c1ccccc1Cl. The van der Waals surface area contributed by atoms with Crippen LogP contribution in [0.3, 0.4) is 0 Å². The van der Waals surface area contributed by atoms with Crippen molar-refractivity contribution in [3.8, 4) is 0 Å². The van der Waals surface area contributed by atoms with Crippen LogP contribution in [0.5, 0.6) is 0 Å². The van der Waals surface area contributed by atoms with Gasteiger partial charge in [0.1, 0.15) is 30.3 Å². The minimum absolute atomic E-state index is 0.0822. The fourth-order valence-corrected chi connectivity index (χ4v) is 5.63. The highest BCUT2D eigenvalue weighted by Crippen LogP contribution is 2.41. The Bertz CT molecular complexity index is 1370. The third kappa shape index (κ3) is 8.45. The standard InChI is InChI=1S/C25H35ClN7O6P/c1-5-37-10-11-38-24(35)25(3,4)31-15-40(36,32-23(34)18-8-6-7-9-19(18)26)16-39-17(2)12-33-14-30-20-21(27)28-13-29-22(20)33/h6-9,13-14,17,31H,5,10-12,15-16H2,1-4H3,(H2,27,28,29)(H,32,34,36)/t17-,40+/m1/s1. The molecule has 0 radical (unpaired) electrons. The first kappa shape index (κ1) is 31.4. The number of ether oxygens (including phenoxy) is 3. The van der Waals surface area contributed by atoms with Crippen LogP contribution in [0.4, 0.5) is 5.82 Å². The highest BCUT2D eigenvalue weighted by molar-refractivity contribution is 7.62. The summed E-state index contributed by atoms with van der Waals surface area (Å²) in [7, 11) is -3.63. The maximum absolute atomic E-state index is 14.0. The number of amides is 1. The average Bonchev–Trinajstić information content (AvgIpc) is 3.33. The predicted octanol–water partition coefficient (Wildman–Crippen LogP) is 3.04. The quantitative estimate of drug-likeness (QED) is 0.134. The van der Waals surface area contributed by atoms with Crippen LogP contribution < -0.4 is 16.1 Å². The second-order valence-electron chi connectivity index (χ2n) is 9.54. The lowest BCUT2D eigenvalue weighted by molar-refractivity contribution is -0.151. The van der Waals surface area contributed by atoms with E-state index in [4.69, 9.17) is 31.5 Å². The number of nitrogen functional groups attached to an aromatic ring is 1. The first-order chi connectivity index (χ1) is 19.0. The van der Waals surface area contributed by atoms with Crippen molar-refractivity contribution in [3.05, 3.63) is 47.5 Å². The first-order valence-corrected chi connectivity index (χ1v) is 15.1. The number of imidazole rings is 1. The third-order valence-electron chi connectivity index (χ3n) is 5.83. The molecule has 1 aromatic carbocycles.